The predicted molar refractivity (Wildman–Crippen MR) is 85.7 cm³/mol. The van der Waals surface area contributed by atoms with Gasteiger partial charge in [0.25, 0.3) is 0 Å². The zero-order valence-corrected chi connectivity index (χ0v) is 13.7. The Kier molecular flexibility index (Phi) is 5.85. The minimum absolute atomic E-state index is 0.596. The van der Waals surface area contributed by atoms with Crippen LogP contribution < -0.4 is 5.32 Å². The predicted octanol–water partition coefficient (Wildman–Crippen LogP) is 3.77. The van der Waals surface area contributed by atoms with Crippen molar-refractivity contribution in [3.8, 4) is 0 Å². The largest absolute Gasteiger partial charge is 0.314 e. The molecule has 1 aliphatic heterocycles. The Bertz CT molecular complexity index is 418. The maximum absolute atomic E-state index is 6.17. The standard InChI is InChI=1S/C14H20Cl2N2S/c1-10-8-17-9-11(2)18(10)5-6-19-14-7-12(15)3-4-13(14)16/h3-4,7,10-11,17H,5-6,8-9H2,1-2H3. The maximum Gasteiger partial charge on any atom is 0.0542 e. The monoisotopic (exact) mass is 318 g/mol. The van der Waals surface area contributed by atoms with Crippen LogP contribution in [0.3, 0.4) is 0 Å². The highest BCUT2D eigenvalue weighted by atomic mass is 35.5. The summed E-state index contributed by atoms with van der Waals surface area (Å²) in [5, 5.41) is 4.99. The molecule has 1 saturated heterocycles. The van der Waals surface area contributed by atoms with E-state index in [4.69, 9.17) is 23.2 Å². The van der Waals surface area contributed by atoms with Gasteiger partial charge in [0.05, 0.1) is 5.02 Å². The van der Waals surface area contributed by atoms with Crippen molar-refractivity contribution in [2.24, 2.45) is 0 Å². The number of rotatable bonds is 4. The van der Waals surface area contributed by atoms with Crippen LogP contribution in [0.2, 0.25) is 10.0 Å². The highest BCUT2D eigenvalue weighted by Crippen LogP contribution is 2.30. The average molecular weight is 319 g/mol. The van der Waals surface area contributed by atoms with Gasteiger partial charge in [-0.15, -0.1) is 11.8 Å². The van der Waals surface area contributed by atoms with Gasteiger partial charge in [0, 0.05) is 47.4 Å². The lowest BCUT2D eigenvalue weighted by molar-refractivity contribution is 0.126. The molecule has 1 aromatic carbocycles. The lowest BCUT2D eigenvalue weighted by Gasteiger charge is -2.39. The number of nitrogens with zero attached hydrogens (tertiary/aromatic N) is 1. The van der Waals surface area contributed by atoms with Crippen LogP contribution in [-0.4, -0.2) is 42.4 Å². The van der Waals surface area contributed by atoms with E-state index >= 15 is 0 Å². The van der Waals surface area contributed by atoms with Crippen LogP contribution >= 0.6 is 35.0 Å². The molecule has 2 rings (SSSR count). The second kappa shape index (κ2) is 7.19. The molecule has 19 heavy (non-hydrogen) atoms. The molecule has 1 aliphatic rings. The van der Waals surface area contributed by atoms with Crippen LogP contribution in [0.15, 0.2) is 23.1 Å². The molecular formula is C14H20Cl2N2S. The maximum atomic E-state index is 6.17. The van der Waals surface area contributed by atoms with E-state index in [0.717, 1.165) is 40.3 Å². The number of nitrogens with one attached hydrogen (secondary N) is 1. The summed E-state index contributed by atoms with van der Waals surface area (Å²) in [6.07, 6.45) is 0. The zero-order valence-electron chi connectivity index (χ0n) is 11.3. The number of piperazine rings is 1. The first-order chi connectivity index (χ1) is 9.08. The van der Waals surface area contributed by atoms with E-state index in [1.165, 1.54) is 0 Å². The zero-order chi connectivity index (χ0) is 13.8. The third-order valence-electron chi connectivity index (χ3n) is 3.51. The fourth-order valence-electron chi connectivity index (χ4n) is 2.46. The molecule has 0 aliphatic carbocycles. The number of hydrogen-bond acceptors (Lipinski definition) is 3. The summed E-state index contributed by atoms with van der Waals surface area (Å²) in [4.78, 5) is 3.63. The van der Waals surface area contributed by atoms with Crippen molar-refractivity contribution in [2.75, 3.05) is 25.4 Å². The van der Waals surface area contributed by atoms with E-state index in [9.17, 15) is 0 Å². The first kappa shape index (κ1) is 15.5. The Morgan fingerprint density at radius 3 is 2.63 bits per heavy atom. The minimum atomic E-state index is 0.596. The molecule has 2 unspecified atom stereocenters. The van der Waals surface area contributed by atoms with Crippen LogP contribution in [-0.2, 0) is 0 Å². The number of halogens is 2. The molecule has 0 bridgehead atoms. The summed E-state index contributed by atoms with van der Waals surface area (Å²) >= 11 is 14.0. The lowest BCUT2D eigenvalue weighted by Crippen LogP contribution is -2.55. The van der Waals surface area contributed by atoms with Crippen molar-refractivity contribution in [3.63, 3.8) is 0 Å². The second-order valence-corrected chi connectivity index (χ2v) is 7.00. The van der Waals surface area contributed by atoms with Gasteiger partial charge in [0.15, 0.2) is 0 Å². The Labute approximate surface area is 129 Å². The van der Waals surface area contributed by atoms with Gasteiger partial charge in [-0.2, -0.15) is 0 Å². The molecule has 1 heterocycles. The van der Waals surface area contributed by atoms with Gasteiger partial charge in [-0.05, 0) is 32.0 Å². The summed E-state index contributed by atoms with van der Waals surface area (Å²) in [5.74, 6) is 1.04. The van der Waals surface area contributed by atoms with Crippen LogP contribution in [0.1, 0.15) is 13.8 Å². The third kappa shape index (κ3) is 4.27. The fourth-order valence-corrected chi connectivity index (χ4v) is 3.92. The van der Waals surface area contributed by atoms with Gasteiger partial charge in [0.2, 0.25) is 0 Å². The second-order valence-electron chi connectivity index (χ2n) is 5.02. The first-order valence-electron chi connectivity index (χ1n) is 6.62. The molecule has 5 heteroatoms. The van der Waals surface area contributed by atoms with Crippen molar-refractivity contribution in [1.82, 2.24) is 10.2 Å². The summed E-state index contributed by atoms with van der Waals surface area (Å²) in [5.41, 5.74) is 0. The third-order valence-corrected chi connectivity index (χ3v) is 5.22. The highest BCUT2D eigenvalue weighted by Gasteiger charge is 2.23. The van der Waals surface area contributed by atoms with Crippen molar-refractivity contribution in [3.05, 3.63) is 28.2 Å². The molecular weight excluding hydrogens is 299 g/mol. The molecule has 0 radical (unpaired) electrons. The average Bonchev–Trinajstić information content (AvgIpc) is 2.37. The van der Waals surface area contributed by atoms with E-state index in [-0.39, 0.29) is 0 Å². The molecule has 2 atom stereocenters. The van der Waals surface area contributed by atoms with Gasteiger partial charge in [-0.25, -0.2) is 0 Å². The number of hydrogen-bond donors (Lipinski definition) is 1. The fraction of sp³-hybridized carbons (Fsp3) is 0.571. The Hall–Kier alpha value is 0.0700. The van der Waals surface area contributed by atoms with Gasteiger partial charge in [-0.3, -0.25) is 4.90 Å². The highest BCUT2D eigenvalue weighted by molar-refractivity contribution is 7.99. The molecule has 1 N–H and O–H groups in total. The van der Waals surface area contributed by atoms with Gasteiger partial charge < -0.3 is 5.32 Å². The number of benzene rings is 1. The van der Waals surface area contributed by atoms with Gasteiger partial charge >= 0.3 is 0 Å². The molecule has 0 amide bonds. The SMILES string of the molecule is CC1CNCC(C)N1CCSc1cc(Cl)ccc1Cl. The van der Waals surface area contributed by atoms with Crippen LogP contribution in [0.25, 0.3) is 0 Å². The topological polar surface area (TPSA) is 15.3 Å². The minimum Gasteiger partial charge on any atom is -0.314 e. The first-order valence-corrected chi connectivity index (χ1v) is 8.36. The molecule has 0 spiro atoms. The van der Waals surface area contributed by atoms with E-state index < -0.39 is 0 Å². The van der Waals surface area contributed by atoms with Crippen LogP contribution in [0, 0.1) is 0 Å². The molecule has 1 fully saturated rings. The molecule has 2 nitrogen and oxygen atoms in total. The summed E-state index contributed by atoms with van der Waals surface area (Å²) in [7, 11) is 0. The van der Waals surface area contributed by atoms with Crippen molar-refractivity contribution >= 4 is 35.0 Å². The summed E-state index contributed by atoms with van der Waals surface area (Å²) < 4.78 is 0. The Morgan fingerprint density at radius 2 is 1.95 bits per heavy atom. The van der Waals surface area contributed by atoms with E-state index in [1.807, 2.05) is 18.2 Å². The number of thioether (sulfide) groups is 1. The van der Waals surface area contributed by atoms with E-state index in [1.54, 1.807) is 11.8 Å². The van der Waals surface area contributed by atoms with Gasteiger partial charge in [0.1, 0.15) is 0 Å². The van der Waals surface area contributed by atoms with E-state index in [0.29, 0.717) is 12.1 Å². The molecule has 106 valence electrons. The van der Waals surface area contributed by atoms with Crippen molar-refractivity contribution in [2.45, 2.75) is 30.8 Å². The summed E-state index contributed by atoms with van der Waals surface area (Å²) in [6.45, 7) is 7.79. The smallest absolute Gasteiger partial charge is 0.0542 e. The Balaban J connectivity index is 1.87. The lowest BCUT2D eigenvalue weighted by atomic mass is 10.1. The summed E-state index contributed by atoms with van der Waals surface area (Å²) in [6, 6.07) is 6.83. The molecule has 0 aromatic heterocycles. The quantitative estimate of drug-likeness (QED) is 0.851. The van der Waals surface area contributed by atoms with E-state index in [2.05, 4.69) is 24.1 Å². The van der Waals surface area contributed by atoms with Crippen molar-refractivity contribution < 1.29 is 0 Å². The molecule has 0 saturated carbocycles. The van der Waals surface area contributed by atoms with Crippen LogP contribution in [0.5, 0.6) is 0 Å². The molecule has 1 aromatic rings. The van der Waals surface area contributed by atoms with Crippen molar-refractivity contribution in [1.29, 1.82) is 0 Å². The normalized spacial score (nSPS) is 24.6. The van der Waals surface area contributed by atoms with Crippen LogP contribution in [0.4, 0.5) is 0 Å². The van der Waals surface area contributed by atoms with Gasteiger partial charge in [-0.1, -0.05) is 23.2 Å². The Morgan fingerprint density at radius 1 is 1.26 bits per heavy atom.